The van der Waals surface area contributed by atoms with Crippen molar-refractivity contribution in [3.8, 4) is 5.69 Å². The Labute approximate surface area is 130 Å². The molecule has 0 unspecified atom stereocenters. The molecule has 4 heteroatoms. The second kappa shape index (κ2) is 6.54. The van der Waals surface area contributed by atoms with E-state index in [1.54, 1.807) is 6.20 Å². The Morgan fingerprint density at radius 3 is 2.59 bits per heavy atom. The highest BCUT2D eigenvalue weighted by molar-refractivity contribution is 5.36. The van der Waals surface area contributed by atoms with Crippen LogP contribution >= 0.6 is 0 Å². The maximum Gasteiger partial charge on any atom is 0.110 e. The van der Waals surface area contributed by atoms with E-state index in [0.29, 0.717) is 0 Å². The highest BCUT2D eigenvalue weighted by Gasteiger charge is 2.06. The van der Waals surface area contributed by atoms with E-state index in [2.05, 4.69) is 57.1 Å². The molecule has 0 aliphatic carbocycles. The summed E-state index contributed by atoms with van der Waals surface area (Å²) in [5, 5.41) is 3.52. The van der Waals surface area contributed by atoms with Crippen LogP contribution in [0.15, 0.2) is 61.2 Å². The van der Waals surface area contributed by atoms with E-state index < -0.39 is 0 Å². The molecule has 0 amide bonds. The van der Waals surface area contributed by atoms with Crippen LogP contribution in [0.3, 0.4) is 0 Å². The number of aromatic nitrogens is 3. The summed E-state index contributed by atoms with van der Waals surface area (Å²) in [7, 11) is 0. The van der Waals surface area contributed by atoms with Gasteiger partial charge in [0.05, 0.1) is 0 Å². The van der Waals surface area contributed by atoms with Gasteiger partial charge in [0.15, 0.2) is 0 Å². The van der Waals surface area contributed by atoms with E-state index in [1.807, 2.05) is 31.6 Å². The first-order valence-corrected chi connectivity index (χ1v) is 7.46. The van der Waals surface area contributed by atoms with Gasteiger partial charge in [-0.1, -0.05) is 18.2 Å². The van der Waals surface area contributed by atoms with Gasteiger partial charge in [-0.05, 0) is 43.2 Å². The van der Waals surface area contributed by atoms with E-state index >= 15 is 0 Å². The first kappa shape index (κ1) is 14.5. The summed E-state index contributed by atoms with van der Waals surface area (Å²) < 4.78 is 2.08. The topological polar surface area (TPSA) is 42.7 Å². The van der Waals surface area contributed by atoms with Gasteiger partial charge < -0.3 is 9.88 Å². The molecule has 112 valence electrons. The molecule has 0 fully saturated rings. The van der Waals surface area contributed by atoms with Gasteiger partial charge in [0, 0.05) is 43.1 Å². The van der Waals surface area contributed by atoms with Crippen LogP contribution in [0, 0.1) is 6.92 Å². The molecule has 2 heterocycles. The Balaban J connectivity index is 1.66. The minimum absolute atomic E-state index is 0.290. The largest absolute Gasteiger partial charge is 0.306 e. The van der Waals surface area contributed by atoms with Crippen molar-refractivity contribution >= 4 is 0 Å². The van der Waals surface area contributed by atoms with Crippen LogP contribution in [-0.4, -0.2) is 14.5 Å². The predicted molar refractivity (Wildman–Crippen MR) is 87.8 cm³/mol. The lowest BCUT2D eigenvalue weighted by Gasteiger charge is -2.15. The van der Waals surface area contributed by atoms with E-state index in [4.69, 9.17) is 0 Å². The SMILES string of the molecule is Cc1nccn1-c1ccc([C@@H](C)NCc2cccnc2)cc1. The van der Waals surface area contributed by atoms with Gasteiger partial charge in [-0.15, -0.1) is 0 Å². The summed E-state index contributed by atoms with van der Waals surface area (Å²) >= 11 is 0. The summed E-state index contributed by atoms with van der Waals surface area (Å²) in [5.74, 6) is 0.996. The summed E-state index contributed by atoms with van der Waals surface area (Å²) in [6.45, 7) is 5.00. The van der Waals surface area contributed by atoms with Crippen molar-refractivity contribution in [1.82, 2.24) is 19.9 Å². The molecule has 3 rings (SSSR count). The zero-order valence-corrected chi connectivity index (χ0v) is 12.9. The minimum atomic E-state index is 0.290. The van der Waals surface area contributed by atoms with E-state index in [1.165, 1.54) is 11.1 Å². The van der Waals surface area contributed by atoms with Crippen LogP contribution in [0.4, 0.5) is 0 Å². The Morgan fingerprint density at radius 2 is 1.95 bits per heavy atom. The fourth-order valence-electron chi connectivity index (χ4n) is 2.47. The van der Waals surface area contributed by atoms with Gasteiger partial charge in [0.25, 0.3) is 0 Å². The molecule has 0 radical (unpaired) electrons. The van der Waals surface area contributed by atoms with E-state index in [-0.39, 0.29) is 6.04 Å². The first-order chi connectivity index (χ1) is 10.7. The molecule has 0 saturated heterocycles. The molecule has 1 N–H and O–H groups in total. The molecular formula is C18H20N4. The van der Waals surface area contributed by atoms with Gasteiger partial charge in [0.2, 0.25) is 0 Å². The number of nitrogens with zero attached hydrogens (tertiary/aromatic N) is 3. The van der Waals surface area contributed by atoms with Crippen LogP contribution in [0.5, 0.6) is 0 Å². The third-order valence-electron chi connectivity index (χ3n) is 3.83. The molecule has 0 aliphatic heterocycles. The highest BCUT2D eigenvalue weighted by Crippen LogP contribution is 2.17. The monoisotopic (exact) mass is 292 g/mol. The fraction of sp³-hybridized carbons (Fsp3) is 0.222. The standard InChI is InChI=1S/C18H20N4/c1-14(21-13-16-4-3-9-19-12-16)17-5-7-18(8-6-17)22-11-10-20-15(22)2/h3-12,14,21H,13H2,1-2H3/t14-/m1/s1. The van der Waals surface area contributed by atoms with Gasteiger partial charge >= 0.3 is 0 Å². The van der Waals surface area contributed by atoms with Gasteiger partial charge in [-0.25, -0.2) is 4.98 Å². The highest BCUT2D eigenvalue weighted by atomic mass is 15.1. The minimum Gasteiger partial charge on any atom is -0.306 e. The van der Waals surface area contributed by atoms with Crippen molar-refractivity contribution < 1.29 is 0 Å². The quantitative estimate of drug-likeness (QED) is 0.783. The van der Waals surface area contributed by atoms with Crippen LogP contribution in [0.1, 0.15) is 29.9 Å². The van der Waals surface area contributed by atoms with Crippen molar-refractivity contribution in [2.75, 3.05) is 0 Å². The van der Waals surface area contributed by atoms with Gasteiger partial charge in [0.1, 0.15) is 5.82 Å². The number of aryl methyl sites for hydroxylation is 1. The molecule has 4 nitrogen and oxygen atoms in total. The lowest BCUT2D eigenvalue weighted by atomic mass is 10.1. The van der Waals surface area contributed by atoms with Crippen molar-refractivity contribution in [1.29, 1.82) is 0 Å². The Morgan fingerprint density at radius 1 is 1.14 bits per heavy atom. The first-order valence-electron chi connectivity index (χ1n) is 7.46. The van der Waals surface area contributed by atoms with Crippen LogP contribution < -0.4 is 5.32 Å². The number of imidazole rings is 1. The Kier molecular flexibility index (Phi) is 4.30. The maximum absolute atomic E-state index is 4.26. The average Bonchev–Trinajstić information content (AvgIpc) is 3.00. The molecule has 0 aliphatic rings. The third kappa shape index (κ3) is 3.23. The van der Waals surface area contributed by atoms with Crippen molar-refractivity contribution in [3.05, 3.63) is 78.1 Å². The second-order valence-corrected chi connectivity index (χ2v) is 5.40. The molecule has 0 bridgehead atoms. The van der Waals surface area contributed by atoms with Crippen LogP contribution in [0.25, 0.3) is 5.69 Å². The molecule has 3 aromatic rings. The number of pyridine rings is 1. The molecular weight excluding hydrogens is 272 g/mol. The van der Waals surface area contributed by atoms with Crippen molar-refractivity contribution in [2.24, 2.45) is 0 Å². The molecule has 0 spiro atoms. The zero-order valence-electron chi connectivity index (χ0n) is 12.9. The number of hydrogen-bond acceptors (Lipinski definition) is 3. The van der Waals surface area contributed by atoms with E-state index in [0.717, 1.165) is 18.1 Å². The molecule has 22 heavy (non-hydrogen) atoms. The Bertz CT molecular complexity index is 716. The molecule has 1 atom stereocenters. The number of benzene rings is 1. The van der Waals surface area contributed by atoms with Crippen LogP contribution in [-0.2, 0) is 6.54 Å². The summed E-state index contributed by atoms with van der Waals surface area (Å²) in [4.78, 5) is 8.39. The normalized spacial score (nSPS) is 12.3. The van der Waals surface area contributed by atoms with Crippen molar-refractivity contribution in [3.63, 3.8) is 0 Å². The summed E-state index contributed by atoms with van der Waals surface area (Å²) in [6.07, 6.45) is 7.49. The lowest BCUT2D eigenvalue weighted by Crippen LogP contribution is -2.18. The second-order valence-electron chi connectivity index (χ2n) is 5.40. The maximum atomic E-state index is 4.26. The smallest absolute Gasteiger partial charge is 0.110 e. The molecule has 2 aromatic heterocycles. The molecule has 0 saturated carbocycles. The van der Waals surface area contributed by atoms with Crippen molar-refractivity contribution in [2.45, 2.75) is 26.4 Å². The fourth-order valence-corrected chi connectivity index (χ4v) is 2.47. The summed E-state index contributed by atoms with van der Waals surface area (Å²) in [6, 6.07) is 12.9. The predicted octanol–water partition coefficient (Wildman–Crippen LogP) is 3.43. The van der Waals surface area contributed by atoms with Gasteiger partial charge in [-0.3, -0.25) is 4.98 Å². The summed E-state index contributed by atoms with van der Waals surface area (Å²) in [5.41, 5.74) is 3.60. The lowest BCUT2D eigenvalue weighted by molar-refractivity contribution is 0.574. The van der Waals surface area contributed by atoms with Gasteiger partial charge in [-0.2, -0.15) is 0 Å². The average molecular weight is 292 g/mol. The van der Waals surface area contributed by atoms with E-state index in [9.17, 15) is 0 Å². The number of hydrogen-bond donors (Lipinski definition) is 1. The number of rotatable bonds is 5. The third-order valence-corrected chi connectivity index (χ3v) is 3.83. The van der Waals surface area contributed by atoms with Crippen LogP contribution in [0.2, 0.25) is 0 Å². The molecule has 1 aromatic carbocycles. The number of nitrogens with one attached hydrogen (secondary N) is 1. The zero-order chi connectivity index (χ0) is 15.4. The Hall–Kier alpha value is -2.46.